The first-order chi connectivity index (χ1) is 27.0. The van der Waals surface area contributed by atoms with Gasteiger partial charge in [0, 0.05) is 15.6 Å². The van der Waals surface area contributed by atoms with Gasteiger partial charge in [-0.2, -0.15) is 28.5 Å². The Morgan fingerprint density at radius 1 is 0.561 bits per heavy atom. The fraction of sp³-hybridized carbons (Fsp3) is 0.175. The van der Waals surface area contributed by atoms with Crippen LogP contribution in [-0.2, 0) is 32.2 Å². The quantitative estimate of drug-likeness (QED) is 0.0873. The highest BCUT2D eigenvalue weighted by atomic mass is 35.5. The third-order valence-corrected chi connectivity index (χ3v) is 9.39. The topological polar surface area (TPSA) is 210 Å². The number of aromatic nitrogens is 6. The minimum Gasteiger partial charge on any atom is -0.394 e. The van der Waals surface area contributed by atoms with E-state index in [2.05, 4.69) is 15.3 Å². The Labute approximate surface area is 337 Å². The molecule has 3 heterocycles. The second-order valence-corrected chi connectivity index (χ2v) is 13.8. The number of nitrogen functional groups attached to an aromatic ring is 6. The first kappa shape index (κ1) is 41.8. The van der Waals surface area contributed by atoms with Gasteiger partial charge in [0.25, 0.3) is 0 Å². The van der Waals surface area contributed by atoms with Crippen LogP contribution in [0.5, 0.6) is 0 Å². The summed E-state index contributed by atoms with van der Waals surface area (Å²) in [5.41, 5.74) is 41.0. The summed E-state index contributed by atoms with van der Waals surface area (Å²) < 4.78 is 44.0. The molecule has 4 aromatic carbocycles. The monoisotopic (exact) mass is 818 g/mol. The average Bonchev–Trinajstić information content (AvgIpc) is 3.72. The smallest absolute Gasteiger partial charge is 0.394 e. The van der Waals surface area contributed by atoms with E-state index in [-0.39, 0.29) is 11.5 Å². The predicted octanol–water partition coefficient (Wildman–Crippen LogP) is 8.15. The van der Waals surface area contributed by atoms with Crippen LogP contribution in [0.15, 0.2) is 103 Å². The standard InChI is InChI=1S/C17H15F3N4.C12H15ClN4.C11H13ClN4/c18-17(19,20)13-8-4-7-12(9-13)15-14(21)16(22)23-24(15)10-11-5-2-1-3-6-11;1-2-10-11(14)12(15)16-17(10)7-8-3-5-9(13)6-4-8;1-7-10(13)11(14)15-16(7)6-8-2-4-9(12)5-3-8/h1-9H,10,21H2,(H2,22,23);3-6H,2,7,14H2,1H3,(H2,15,16);2-5H,6,13H2,1H3,(H2,14,15). The van der Waals surface area contributed by atoms with Crippen LogP contribution in [0, 0.1) is 6.92 Å². The summed E-state index contributed by atoms with van der Waals surface area (Å²) >= 11 is 11.7. The molecule has 0 atom stereocenters. The summed E-state index contributed by atoms with van der Waals surface area (Å²) in [5, 5.41) is 14.0. The van der Waals surface area contributed by atoms with Crippen molar-refractivity contribution in [3.63, 3.8) is 0 Å². The summed E-state index contributed by atoms with van der Waals surface area (Å²) in [4.78, 5) is 0. The molecule has 17 heteroatoms. The molecule has 0 unspecified atom stereocenters. The SMILES string of the molecule is CCc1c(N)c(N)nn1Cc1ccc(Cl)cc1.Cc1c(N)c(N)nn1Cc1ccc(Cl)cc1.Nc1nn(Cc2ccccc2)c(-c2cccc(C(F)(F)F)c2)c1N. The maximum absolute atomic E-state index is 13.0. The summed E-state index contributed by atoms with van der Waals surface area (Å²) in [5.74, 6) is 0.876. The van der Waals surface area contributed by atoms with Crippen molar-refractivity contribution in [3.05, 3.63) is 147 Å². The van der Waals surface area contributed by atoms with Gasteiger partial charge in [0.2, 0.25) is 0 Å². The van der Waals surface area contributed by atoms with Crippen LogP contribution in [0.4, 0.5) is 47.7 Å². The number of hydrogen-bond acceptors (Lipinski definition) is 9. The second kappa shape index (κ2) is 18.1. The Morgan fingerprint density at radius 2 is 1.04 bits per heavy atom. The van der Waals surface area contributed by atoms with E-state index in [1.807, 2.05) is 97.4 Å². The van der Waals surface area contributed by atoms with Crippen LogP contribution in [0.25, 0.3) is 11.3 Å². The van der Waals surface area contributed by atoms with Crippen molar-refractivity contribution in [3.8, 4) is 11.3 Å². The molecule has 0 bridgehead atoms. The molecule has 0 aliphatic carbocycles. The van der Waals surface area contributed by atoms with Crippen LogP contribution in [-0.4, -0.2) is 29.3 Å². The van der Waals surface area contributed by atoms with Crippen molar-refractivity contribution in [2.24, 2.45) is 0 Å². The minimum absolute atomic E-state index is 0.0957. The Bertz CT molecular complexity index is 2400. The third-order valence-electron chi connectivity index (χ3n) is 8.89. The van der Waals surface area contributed by atoms with Gasteiger partial charge in [0.1, 0.15) is 5.69 Å². The van der Waals surface area contributed by atoms with Gasteiger partial charge >= 0.3 is 6.18 Å². The molecule has 7 aromatic rings. The lowest BCUT2D eigenvalue weighted by Gasteiger charge is -2.11. The molecule has 12 nitrogen and oxygen atoms in total. The molecule has 298 valence electrons. The van der Waals surface area contributed by atoms with Gasteiger partial charge in [-0.3, -0.25) is 14.0 Å². The molecule has 0 saturated heterocycles. The number of nitrogens with two attached hydrogens (primary N) is 6. The van der Waals surface area contributed by atoms with Gasteiger partial charge < -0.3 is 34.4 Å². The molecular weight excluding hydrogens is 776 g/mol. The van der Waals surface area contributed by atoms with Crippen molar-refractivity contribution in [1.29, 1.82) is 0 Å². The summed E-state index contributed by atoms with van der Waals surface area (Å²) in [6, 6.07) is 29.6. The molecule has 0 amide bonds. The Morgan fingerprint density at radius 3 is 1.56 bits per heavy atom. The molecule has 0 fully saturated rings. The van der Waals surface area contributed by atoms with Crippen LogP contribution in [0.3, 0.4) is 0 Å². The molecular formula is C40H43Cl2F3N12. The van der Waals surface area contributed by atoms with Gasteiger partial charge in [-0.1, -0.05) is 96.9 Å². The molecule has 0 aliphatic rings. The normalized spacial score (nSPS) is 11.1. The third kappa shape index (κ3) is 10.5. The van der Waals surface area contributed by atoms with Gasteiger partial charge in [0.05, 0.1) is 53.7 Å². The lowest BCUT2D eigenvalue weighted by molar-refractivity contribution is -0.137. The van der Waals surface area contributed by atoms with Crippen molar-refractivity contribution in [2.75, 3.05) is 34.4 Å². The van der Waals surface area contributed by atoms with E-state index in [1.54, 1.807) is 10.7 Å². The van der Waals surface area contributed by atoms with Crippen LogP contribution < -0.4 is 34.4 Å². The minimum atomic E-state index is -4.43. The van der Waals surface area contributed by atoms with Gasteiger partial charge in [0.15, 0.2) is 17.5 Å². The number of rotatable bonds is 8. The van der Waals surface area contributed by atoms with Crippen LogP contribution in [0.2, 0.25) is 10.0 Å². The van der Waals surface area contributed by atoms with E-state index in [1.165, 1.54) is 10.7 Å². The molecule has 0 saturated carbocycles. The van der Waals surface area contributed by atoms with E-state index in [0.29, 0.717) is 53.9 Å². The molecule has 0 radical (unpaired) electrons. The summed E-state index contributed by atoms with van der Waals surface area (Å²) in [7, 11) is 0. The lowest BCUT2D eigenvalue weighted by atomic mass is 10.1. The lowest BCUT2D eigenvalue weighted by Crippen LogP contribution is -2.07. The van der Waals surface area contributed by atoms with E-state index in [0.717, 1.165) is 56.7 Å². The molecule has 12 N–H and O–H groups in total. The number of nitrogens with zero attached hydrogens (tertiary/aromatic N) is 6. The van der Waals surface area contributed by atoms with Crippen molar-refractivity contribution >= 4 is 57.7 Å². The summed E-state index contributed by atoms with van der Waals surface area (Å²) in [6.07, 6.45) is -3.62. The highest BCUT2D eigenvalue weighted by Crippen LogP contribution is 2.36. The maximum Gasteiger partial charge on any atom is 0.416 e. The zero-order valence-electron chi connectivity index (χ0n) is 31.2. The van der Waals surface area contributed by atoms with E-state index in [9.17, 15) is 13.2 Å². The number of halogens is 5. The largest absolute Gasteiger partial charge is 0.416 e. The number of benzene rings is 4. The highest BCUT2D eigenvalue weighted by molar-refractivity contribution is 6.30. The van der Waals surface area contributed by atoms with E-state index >= 15 is 0 Å². The fourth-order valence-corrected chi connectivity index (χ4v) is 6.06. The number of alkyl halides is 3. The Kier molecular flexibility index (Phi) is 13.3. The van der Waals surface area contributed by atoms with Gasteiger partial charge in [-0.25, -0.2) is 0 Å². The predicted molar refractivity (Wildman–Crippen MR) is 224 cm³/mol. The number of anilines is 6. The highest BCUT2D eigenvalue weighted by Gasteiger charge is 2.31. The van der Waals surface area contributed by atoms with Gasteiger partial charge in [-0.05, 0) is 66.4 Å². The molecule has 0 aliphatic heterocycles. The van der Waals surface area contributed by atoms with Gasteiger partial charge in [-0.15, -0.1) is 0 Å². The Balaban J connectivity index is 0.000000168. The van der Waals surface area contributed by atoms with Crippen LogP contribution >= 0.6 is 23.2 Å². The fourth-order valence-electron chi connectivity index (χ4n) is 5.81. The summed E-state index contributed by atoms with van der Waals surface area (Å²) in [6.45, 7) is 5.58. The molecule has 7 rings (SSSR count). The maximum atomic E-state index is 13.0. The van der Waals surface area contributed by atoms with Crippen molar-refractivity contribution < 1.29 is 13.2 Å². The number of hydrogen-bond donors (Lipinski definition) is 6. The van der Waals surface area contributed by atoms with E-state index in [4.69, 9.17) is 57.6 Å². The zero-order chi connectivity index (χ0) is 41.4. The molecule has 57 heavy (non-hydrogen) atoms. The zero-order valence-corrected chi connectivity index (χ0v) is 32.7. The Hall–Kier alpha value is -6.32. The molecule has 3 aromatic heterocycles. The van der Waals surface area contributed by atoms with Crippen LogP contribution in [0.1, 0.15) is 40.6 Å². The molecule has 0 spiro atoms. The van der Waals surface area contributed by atoms with E-state index < -0.39 is 11.7 Å². The van der Waals surface area contributed by atoms with Crippen molar-refractivity contribution in [1.82, 2.24) is 29.3 Å². The average molecular weight is 820 g/mol. The first-order valence-electron chi connectivity index (χ1n) is 17.6. The van der Waals surface area contributed by atoms with Crippen molar-refractivity contribution in [2.45, 2.75) is 46.1 Å². The first-order valence-corrected chi connectivity index (χ1v) is 18.3. The second-order valence-electron chi connectivity index (χ2n) is 12.9.